The Morgan fingerprint density at radius 3 is 2.29 bits per heavy atom. The zero-order valence-electron chi connectivity index (χ0n) is 13.8. The molecule has 1 N–H and O–H groups in total. The molecule has 2 unspecified atom stereocenters. The second-order valence-electron chi connectivity index (χ2n) is 6.66. The third-order valence-corrected chi connectivity index (χ3v) is 5.35. The summed E-state index contributed by atoms with van der Waals surface area (Å²) in [6, 6.07) is 7.89. The van der Waals surface area contributed by atoms with E-state index in [0.29, 0.717) is 5.41 Å². The highest BCUT2D eigenvalue weighted by Gasteiger charge is 2.32. The zero-order chi connectivity index (χ0) is 15.5. The number of nitrogens with zero attached hydrogens (tertiary/aromatic N) is 1. The Labute approximate surface area is 128 Å². The molecule has 1 aromatic carbocycles. The van der Waals surface area contributed by atoms with Crippen molar-refractivity contribution in [3.63, 3.8) is 0 Å². The van der Waals surface area contributed by atoms with Crippen LogP contribution >= 0.6 is 0 Å². The predicted octanol–water partition coefficient (Wildman–Crippen LogP) is 3.63. The molecule has 1 aliphatic rings. The molecule has 0 radical (unpaired) electrons. The molecule has 1 heterocycles. The Bertz CT molecular complexity index is 435. The van der Waals surface area contributed by atoms with E-state index in [9.17, 15) is 5.11 Å². The van der Waals surface area contributed by atoms with Crippen molar-refractivity contribution >= 4 is 0 Å². The average molecular weight is 291 g/mol. The van der Waals surface area contributed by atoms with E-state index in [4.69, 9.17) is 4.74 Å². The van der Waals surface area contributed by atoms with Crippen LogP contribution in [0.3, 0.4) is 0 Å². The maximum absolute atomic E-state index is 10.6. The minimum absolute atomic E-state index is 0.153. The van der Waals surface area contributed by atoms with Crippen LogP contribution in [-0.2, 0) is 0 Å². The van der Waals surface area contributed by atoms with E-state index < -0.39 is 6.10 Å². The van der Waals surface area contributed by atoms with Gasteiger partial charge < -0.3 is 9.84 Å². The van der Waals surface area contributed by atoms with Gasteiger partial charge in [0.05, 0.1) is 13.2 Å². The summed E-state index contributed by atoms with van der Waals surface area (Å²) in [7, 11) is 1.66. The molecule has 3 nitrogen and oxygen atoms in total. The molecule has 0 spiro atoms. The van der Waals surface area contributed by atoms with Gasteiger partial charge in [-0.3, -0.25) is 4.90 Å². The van der Waals surface area contributed by atoms with Gasteiger partial charge in [-0.05, 0) is 56.0 Å². The molecule has 0 aromatic heterocycles. The molecule has 3 heteroatoms. The summed E-state index contributed by atoms with van der Waals surface area (Å²) in [5.41, 5.74) is 1.45. The van der Waals surface area contributed by atoms with Crippen molar-refractivity contribution < 1.29 is 9.84 Å². The largest absolute Gasteiger partial charge is 0.497 e. The van der Waals surface area contributed by atoms with Crippen molar-refractivity contribution in [2.45, 2.75) is 52.2 Å². The maximum atomic E-state index is 10.6. The lowest BCUT2D eigenvalue weighted by Gasteiger charge is -2.42. The van der Waals surface area contributed by atoms with Gasteiger partial charge in [0, 0.05) is 6.04 Å². The van der Waals surface area contributed by atoms with Gasteiger partial charge in [-0.15, -0.1) is 0 Å². The molecule has 1 saturated heterocycles. The predicted molar refractivity (Wildman–Crippen MR) is 86.6 cm³/mol. The SMILES string of the molecule is CCC1(C)CCN(C(C)C(O)c2ccc(OC)cc2)CC1. The Hall–Kier alpha value is -1.06. The third kappa shape index (κ3) is 3.78. The first-order chi connectivity index (χ1) is 9.99. The van der Waals surface area contributed by atoms with E-state index in [-0.39, 0.29) is 6.04 Å². The van der Waals surface area contributed by atoms with E-state index in [1.165, 1.54) is 19.3 Å². The molecule has 1 aliphatic heterocycles. The minimum Gasteiger partial charge on any atom is -0.497 e. The molecule has 0 aliphatic carbocycles. The number of aliphatic hydroxyl groups excluding tert-OH is 1. The van der Waals surface area contributed by atoms with Gasteiger partial charge in [-0.25, -0.2) is 0 Å². The van der Waals surface area contributed by atoms with Crippen LogP contribution in [0.1, 0.15) is 51.7 Å². The number of rotatable bonds is 5. The molecule has 0 saturated carbocycles. The number of ether oxygens (including phenoxy) is 1. The molecular weight excluding hydrogens is 262 g/mol. The van der Waals surface area contributed by atoms with Crippen LogP contribution in [0.25, 0.3) is 0 Å². The summed E-state index contributed by atoms with van der Waals surface area (Å²) in [4.78, 5) is 2.42. The highest BCUT2D eigenvalue weighted by molar-refractivity contribution is 5.29. The van der Waals surface area contributed by atoms with E-state index in [0.717, 1.165) is 24.4 Å². The van der Waals surface area contributed by atoms with E-state index >= 15 is 0 Å². The van der Waals surface area contributed by atoms with E-state index in [1.54, 1.807) is 7.11 Å². The molecule has 1 aromatic rings. The number of hydrogen-bond donors (Lipinski definition) is 1. The molecular formula is C18H29NO2. The highest BCUT2D eigenvalue weighted by atomic mass is 16.5. The number of likely N-dealkylation sites (tertiary alicyclic amines) is 1. The van der Waals surface area contributed by atoms with Gasteiger partial charge in [0.1, 0.15) is 5.75 Å². The summed E-state index contributed by atoms with van der Waals surface area (Å²) < 4.78 is 5.17. The average Bonchev–Trinajstić information content (AvgIpc) is 2.54. The first-order valence-electron chi connectivity index (χ1n) is 8.05. The summed E-state index contributed by atoms with van der Waals surface area (Å²) in [6.07, 6.45) is 3.25. The molecule has 2 atom stereocenters. The Kier molecular flexibility index (Phi) is 5.28. The van der Waals surface area contributed by atoms with Crippen LogP contribution in [0.2, 0.25) is 0 Å². The highest BCUT2D eigenvalue weighted by Crippen LogP contribution is 2.36. The van der Waals surface area contributed by atoms with Crippen molar-refractivity contribution in [2.24, 2.45) is 5.41 Å². The van der Waals surface area contributed by atoms with Crippen molar-refractivity contribution in [1.29, 1.82) is 0 Å². The quantitative estimate of drug-likeness (QED) is 0.899. The van der Waals surface area contributed by atoms with Crippen molar-refractivity contribution in [3.8, 4) is 5.75 Å². The lowest BCUT2D eigenvalue weighted by molar-refractivity contribution is 0.0183. The van der Waals surface area contributed by atoms with Crippen LogP contribution in [0.15, 0.2) is 24.3 Å². The van der Waals surface area contributed by atoms with Gasteiger partial charge in [-0.1, -0.05) is 32.4 Å². The second kappa shape index (κ2) is 6.80. The summed E-state index contributed by atoms with van der Waals surface area (Å²) in [6.45, 7) is 8.96. The zero-order valence-corrected chi connectivity index (χ0v) is 13.8. The van der Waals surface area contributed by atoms with Crippen molar-refractivity contribution in [2.75, 3.05) is 20.2 Å². The number of aliphatic hydroxyl groups is 1. The number of piperidine rings is 1. The van der Waals surface area contributed by atoms with Crippen molar-refractivity contribution in [1.82, 2.24) is 4.90 Å². The lowest BCUT2D eigenvalue weighted by Crippen LogP contribution is -2.45. The normalized spacial score (nSPS) is 21.8. The van der Waals surface area contributed by atoms with Gasteiger partial charge in [0.25, 0.3) is 0 Å². The standard InChI is InChI=1S/C18H29NO2/c1-5-18(3)10-12-19(13-11-18)14(2)17(20)15-6-8-16(21-4)9-7-15/h6-9,14,17,20H,5,10-13H2,1-4H3. The van der Waals surface area contributed by atoms with Crippen molar-refractivity contribution in [3.05, 3.63) is 29.8 Å². The fourth-order valence-electron chi connectivity index (χ4n) is 3.10. The monoisotopic (exact) mass is 291 g/mol. The molecule has 2 rings (SSSR count). The van der Waals surface area contributed by atoms with Gasteiger partial charge in [0.15, 0.2) is 0 Å². The van der Waals surface area contributed by atoms with Gasteiger partial charge in [0.2, 0.25) is 0 Å². The second-order valence-corrected chi connectivity index (χ2v) is 6.66. The first kappa shape index (κ1) is 16.3. The number of hydrogen-bond acceptors (Lipinski definition) is 3. The molecule has 0 bridgehead atoms. The lowest BCUT2D eigenvalue weighted by atomic mass is 9.78. The van der Waals surface area contributed by atoms with Crippen LogP contribution in [0, 0.1) is 5.41 Å². The first-order valence-corrected chi connectivity index (χ1v) is 8.05. The topological polar surface area (TPSA) is 32.7 Å². The fraction of sp³-hybridized carbons (Fsp3) is 0.667. The van der Waals surface area contributed by atoms with Crippen LogP contribution in [-0.4, -0.2) is 36.2 Å². The van der Waals surface area contributed by atoms with Gasteiger partial charge >= 0.3 is 0 Å². The Morgan fingerprint density at radius 1 is 1.24 bits per heavy atom. The fourth-order valence-corrected chi connectivity index (χ4v) is 3.10. The molecule has 21 heavy (non-hydrogen) atoms. The minimum atomic E-state index is -0.443. The molecule has 118 valence electrons. The van der Waals surface area contributed by atoms with E-state index in [1.807, 2.05) is 24.3 Å². The maximum Gasteiger partial charge on any atom is 0.118 e. The van der Waals surface area contributed by atoms with E-state index in [2.05, 4.69) is 25.7 Å². The number of methoxy groups -OCH3 is 1. The smallest absolute Gasteiger partial charge is 0.118 e. The summed E-state index contributed by atoms with van der Waals surface area (Å²) in [5, 5.41) is 10.6. The summed E-state index contributed by atoms with van der Waals surface area (Å²) >= 11 is 0. The summed E-state index contributed by atoms with van der Waals surface area (Å²) in [5.74, 6) is 0.829. The Balaban J connectivity index is 1.97. The molecule has 0 amide bonds. The van der Waals surface area contributed by atoms with Crippen LogP contribution in [0.5, 0.6) is 5.75 Å². The van der Waals surface area contributed by atoms with Crippen LogP contribution in [0.4, 0.5) is 0 Å². The van der Waals surface area contributed by atoms with Crippen LogP contribution < -0.4 is 4.74 Å². The Morgan fingerprint density at radius 2 is 1.81 bits per heavy atom. The van der Waals surface area contributed by atoms with Gasteiger partial charge in [-0.2, -0.15) is 0 Å². The molecule has 1 fully saturated rings. The third-order valence-electron chi connectivity index (χ3n) is 5.35. The number of benzene rings is 1.